The Morgan fingerprint density at radius 3 is 2.83 bits per heavy atom. The smallest absolute Gasteiger partial charge is 0.213 e. The van der Waals surface area contributed by atoms with E-state index in [0.29, 0.717) is 12.5 Å². The molecular formula is C17H29N3O2S. The van der Waals surface area contributed by atoms with Crippen molar-refractivity contribution in [3.8, 4) is 0 Å². The van der Waals surface area contributed by atoms with E-state index in [9.17, 15) is 8.42 Å². The first-order valence-electron chi connectivity index (χ1n) is 8.53. The van der Waals surface area contributed by atoms with Gasteiger partial charge in [0.2, 0.25) is 10.0 Å². The van der Waals surface area contributed by atoms with E-state index in [1.54, 1.807) is 14.1 Å². The van der Waals surface area contributed by atoms with Crippen molar-refractivity contribution in [3.05, 3.63) is 30.1 Å². The van der Waals surface area contributed by atoms with E-state index >= 15 is 0 Å². The number of aromatic nitrogens is 1. The van der Waals surface area contributed by atoms with E-state index in [1.807, 2.05) is 18.3 Å². The molecule has 5 nitrogen and oxygen atoms in total. The van der Waals surface area contributed by atoms with Crippen LogP contribution in [0.2, 0.25) is 0 Å². The fourth-order valence-electron chi connectivity index (χ4n) is 3.17. The summed E-state index contributed by atoms with van der Waals surface area (Å²) in [6, 6.07) is 6.62. The molecule has 1 aromatic rings. The molecule has 1 atom stereocenters. The Hall–Kier alpha value is -0.980. The highest BCUT2D eigenvalue weighted by Crippen LogP contribution is 2.21. The van der Waals surface area contributed by atoms with Crippen molar-refractivity contribution >= 4 is 10.0 Å². The van der Waals surface area contributed by atoms with Gasteiger partial charge < -0.3 is 4.90 Å². The van der Waals surface area contributed by atoms with Gasteiger partial charge in [-0.1, -0.05) is 12.5 Å². The van der Waals surface area contributed by atoms with Gasteiger partial charge in [0.25, 0.3) is 0 Å². The van der Waals surface area contributed by atoms with Gasteiger partial charge in [-0.05, 0) is 57.3 Å². The van der Waals surface area contributed by atoms with E-state index in [2.05, 4.69) is 16.0 Å². The molecule has 2 rings (SSSR count). The Balaban J connectivity index is 1.81. The van der Waals surface area contributed by atoms with Gasteiger partial charge in [-0.3, -0.25) is 4.98 Å². The largest absolute Gasteiger partial charge is 0.300 e. The molecule has 0 saturated carbocycles. The summed E-state index contributed by atoms with van der Waals surface area (Å²) in [5, 5.41) is 0. The van der Waals surface area contributed by atoms with Crippen LogP contribution in [0, 0.1) is 0 Å². The zero-order valence-corrected chi connectivity index (χ0v) is 15.1. The molecule has 6 heteroatoms. The van der Waals surface area contributed by atoms with Crippen LogP contribution in [0.5, 0.6) is 0 Å². The van der Waals surface area contributed by atoms with Crippen molar-refractivity contribution in [2.24, 2.45) is 0 Å². The van der Waals surface area contributed by atoms with Crippen LogP contribution in [0.3, 0.4) is 0 Å². The number of sulfonamides is 1. The Bertz CT molecular complexity index is 560. The molecule has 0 amide bonds. The molecule has 0 aromatic carbocycles. The highest BCUT2D eigenvalue weighted by atomic mass is 32.2. The lowest BCUT2D eigenvalue weighted by Crippen LogP contribution is -2.41. The maximum Gasteiger partial charge on any atom is 0.213 e. The summed E-state index contributed by atoms with van der Waals surface area (Å²) in [5.74, 6) is 0.240. The van der Waals surface area contributed by atoms with Gasteiger partial charge in [-0.2, -0.15) is 0 Å². The minimum atomic E-state index is -3.08. The number of hydrogen-bond donors (Lipinski definition) is 0. The SMILES string of the molecule is CN(C)S(=O)(=O)CCCN1CCCC[C@@H]1CCc1ccccn1. The van der Waals surface area contributed by atoms with Gasteiger partial charge >= 0.3 is 0 Å². The molecule has 1 aliphatic heterocycles. The summed E-state index contributed by atoms with van der Waals surface area (Å²) in [4.78, 5) is 6.88. The van der Waals surface area contributed by atoms with E-state index < -0.39 is 10.0 Å². The van der Waals surface area contributed by atoms with Crippen LogP contribution in [0.25, 0.3) is 0 Å². The van der Waals surface area contributed by atoms with Crippen molar-refractivity contribution in [1.82, 2.24) is 14.2 Å². The second-order valence-electron chi connectivity index (χ2n) is 6.50. The molecule has 0 bridgehead atoms. The maximum atomic E-state index is 11.9. The number of nitrogens with zero attached hydrogens (tertiary/aromatic N) is 3. The van der Waals surface area contributed by atoms with Gasteiger partial charge in [0.1, 0.15) is 0 Å². The van der Waals surface area contributed by atoms with Gasteiger partial charge in [0.15, 0.2) is 0 Å². The molecule has 1 aromatic heterocycles. The molecule has 0 N–H and O–H groups in total. The van der Waals surface area contributed by atoms with Crippen LogP contribution in [0.15, 0.2) is 24.4 Å². The number of rotatable bonds is 8. The zero-order chi connectivity index (χ0) is 16.7. The highest BCUT2D eigenvalue weighted by molar-refractivity contribution is 7.89. The first-order chi connectivity index (χ1) is 11.0. The minimum absolute atomic E-state index is 0.240. The average molecular weight is 340 g/mol. The summed E-state index contributed by atoms with van der Waals surface area (Å²) in [6.45, 7) is 1.97. The predicted octanol–water partition coefficient (Wildman–Crippen LogP) is 2.15. The standard InChI is InChI=1S/C17H29N3O2S/c1-19(2)23(21,22)15-7-14-20-13-6-4-9-17(20)11-10-16-8-3-5-12-18-16/h3,5,8,12,17H,4,6-7,9-11,13-15H2,1-2H3/t17-/m1/s1. The second kappa shape index (κ2) is 8.76. The third kappa shape index (κ3) is 5.86. The third-order valence-electron chi connectivity index (χ3n) is 4.61. The predicted molar refractivity (Wildman–Crippen MR) is 93.9 cm³/mol. The quantitative estimate of drug-likeness (QED) is 0.728. The Kier molecular flexibility index (Phi) is 6.99. The van der Waals surface area contributed by atoms with Crippen molar-refractivity contribution in [2.75, 3.05) is 32.9 Å². The van der Waals surface area contributed by atoms with Gasteiger partial charge in [0, 0.05) is 32.0 Å². The number of pyridine rings is 1. The molecule has 2 heterocycles. The minimum Gasteiger partial charge on any atom is -0.300 e. The summed E-state index contributed by atoms with van der Waals surface area (Å²) in [6.07, 6.45) is 8.38. The van der Waals surface area contributed by atoms with Crippen LogP contribution in [-0.2, 0) is 16.4 Å². The molecule has 1 saturated heterocycles. The Morgan fingerprint density at radius 1 is 1.30 bits per heavy atom. The van der Waals surface area contributed by atoms with Crippen LogP contribution in [0.1, 0.15) is 37.8 Å². The molecular weight excluding hydrogens is 310 g/mol. The van der Waals surface area contributed by atoms with Crippen LogP contribution >= 0.6 is 0 Å². The van der Waals surface area contributed by atoms with Crippen molar-refractivity contribution in [3.63, 3.8) is 0 Å². The number of hydrogen-bond acceptors (Lipinski definition) is 4. The van der Waals surface area contributed by atoms with Gasteiger partial charge in [-0.25, -0.2) is 12.7 Å². The molecule has 1 aliphatic rings. The summed E-state index contributed by atoms with van der Waals surface area (Å²) < 4.78 is 25.0. The zero-order valence-electron chi connectivity index (χ0n) is 14.3. The third-order valence-corrected chi connectivity index (χ3v) is 6.53. The number of piperidine rings is 1. The second-order valence-corrected chi connectivity index (χ2v) is 8.80. The summed E-state index contributed by atoms with van der Waals surface area (Å²) in [5.41, 5.74) is 1.15. The molecule has 130 valence electrons. The first-order valence-corrected chi connectivity index (χ1v) is 10.1. The van der Waals surface area contributed by atoms with Crippen LogP contribution in [0.4, 0.5) is 0 Å². The van der Waals surface area contributed by atoms with E-state index in [-0.39, 0.29) is 5.75 Å². The molecule has 23 heavy (non-hydrogen) atoms. The van der Waals surface area contributed by atoms with Crippen LogP contribution in [-0.4, -0.2) is 61.6 Å². The van der Waals surface area contributed by atoms with E-state index in [4.69, 9.17) is 0 Å². The monoisotopic (exact) mass is 339 g/mol. The lowest BCUT2D eigenvalue weighted by molar-refractivity contribution is 0.140. The fraction of sp³-hybridized carbons (Fsp3) is 0.706. The van der Waals surface area contributed by atoms with E-state index in [0.717, 1.165) is 31.6 Å². The first kappa shape index (κ1) is 18.4. The van der Waals surface area contributed by atoms with Crippen molar-refractivity contribution in [1.29, 1.82) is 0 Å². The van der Waals surface area contributed by atoms with Gasteiger partial charge in [0.05, 0.1) is 5.75 Å². The lowest BCUT2D eigenvalue weighted by atomic mass is 9.97. The molecule has 0 unspecified atom stereocenters. The normalized spacial score (nSPS) is 20.0. The van der Waals surface area contributed by atoms with Crippen molar-refractivity contribution in [2.45, 2.75) is 44.6 Å². The lowest BCUT2D eigenvalue weighted by Gasteiger charge is -2.36. The number of likely N-dealkylation sites (tertiary alicyclic amines) is 1. The molecule has 1 fully saturated rings. The number of aryl methyl sites for hydroxylation is 1. The van der Waals surface area contributed by atoms with Crippen molar-refractivity contribution < 1.29 is 8.42 Å². The molecule has 0 radical (unpaired) electrons. The summed E-state index contributed by atoms with van der Waals surface area (Å²) in [7, 11) is 0.131. The average Bonchev–Trinajstić information content (AvgIpc) is 2.54. The van der Waals surface area contributed by atoms with Gasteiger partial charge in [-0.15, -0.1) is 0 Å². The van der Waals surface area contributed by atoms with Crippen LogP contribution < -0.4 is 0 Å². The van der Waals surface area contributed by atoms with E-state index in [1.165, 1.54) is 23.6 Å². The molecule has 0 spiro atoms. The topological polar surface area (TPSA) is 53.5 Å². The highest BCUT2D eigenvalue weighted by Gasteiger charge is 2.23. The molecule has 0 aliphatic carbocycles. The maximum absolute atomic E-state index is 11.9. The Labute approximate surface area is 140 Å². The fourth-order valence-corrected chi connectivity index (χ4v) is 4.03. The summed E-state index contributed by atoms with van der Waals surface area (Å²) >= 11 is 0. The Morgan fingerprint density at radius 2 is 2.13 bits per heavy atom.